The van der Waals surface area contributed by atoms with Crippen LogP contribution < -0.4 is 10.6 Å². The van der Waals surface area contributed by atoms with Crippen LogP contribution in [-0.2, 0) is 4.79 Å². The summed E-state index contributed by atoms with van der Waals surface area (Å²) >= 11 is 3.41. The van der Waals surface area contributed by atoms with Crippen molar-refractivity contribution < 1.29 is 4.79 Å². The summed E-state index contributed by atoms with van der Waals surface area (Å²) in [5.41, 5.74) is 1.12. The second-order valence-corrected chi connectivity index (χ2v) is 6.12. The van der Waals surface area contributed by atoms with Gasteiger partial charge >= 0.3 is 0 Å². The molecule has 0 saturated heterocycles. The molecule has 1 amide bonds. The summed E-state index contributed by atoms with van der Waals surface area (Å²) in [7, 11) is 0. The molecule has 104 valence electrons. The van der Waals surface area contributed by atoms with Gasteiger partial charge in [0.25, 0.3) is 0 Å². The predicted octanol–water partition coefficient (Wildman–Crippen LogP) is 3.16. The number of amides is 1. The molecule has 1 saturated carbocycles. The van der Waals surface area contributed by atoms with Crippen LogP contribution in [0, 0.1) is 0 Å². The van der Waals surface area contributed by atoms with E-state index in [1.165, 1.54) is 25.7 Å². The minimum absolute atomic E-state index is 0.0472. The molecule has 19 heavy (non-hydrogen) atoms. The van der Waals surface area contributed by atoms with Crippen molar-refractivity contribution in [2.75, 3.05) is 6.54 Å². The van der Waals surface area contributed by atoms with E-state index < -0.39 is 0 Å². The molecule has 2 rings (SSSR count). The standard InChI is InChI=1S/C15H21BrN2O/c1-11(12-6-8-13(16)9-7-12)18-15(19)10-17-14-4-2-3-5-14/h6-9,11,14,17H,2-5,10H2,1H3,(H,18,19). The lowest BCUT2D eigenvalue weighted by molar-refractivity contribution is -0.121. The molecule has 0 aliphatic heterocycles. The Morgan fingerprint density at radius 3 is 2.58 bits per heavy atom. The van der Waals surface area contributed by atoms with Gasteiger partial charge in [-0.05, 0) is 37.5 Å². The molecule has 1 fully saturated rings. The fourth-order valence-corrected chi connectivity index (χ4v) is 2.76. The second-order valence-electron chi connectivity index (χ2n) is 5.20. The highest BCUT2D eigenvalue weighted by Gasteiger charge is 2.16. The van der Waals surface area contributed by atoms with Gasteiger partial charge in [0.1, 0.15) is 0 Å². The van der Waals surface area contributed by atoms with Gasteiger partial charge in [-0.3, -0.25) is 4.79 Å². The highest BCUT2D eigenvalue weighted by atomic mass is 79.9. The van der Waals surface area contributed by atoms with E-state index in [4.69, 9.17) is 0 Å². The van der Waals surface area contributed by atoms with E-state index in [9.17, 15) is 4.79 Å². The van der Waals surface area contributed by atoms with Crippen LogP contribution in [0.25, 0.3) is 0 Å². The van der Waals surface area contributed by atoms with E-state index in [0.29, 0.717) is 12.6 Å². The predicted molar refractivity (Wildman–Crippen MR) is 81.0 cm³/mol. The molecule has 0 bridgehead atoms. The maximum atomic E-state index is 11.9. The summed E-state index contributed by atoms with van der Waals surface area (Å²) in [6, 6.07) is 8.63. The van der Waals surface area contributed by atoms with Gasteiger partial charge in [-0.1, -0.05) is 40.9 Å². The Bertz CT molecular complexity index is 413. The SMILES string of the molecule is CC(NC(=O)CNC1CCCC1)c1ccc(Br)cc1. The zero-order valence-corrected chi connectivity index (χ0v) is 12.9. The molecule has 1 aromatic carbocycles. The van der Waals surface area contributed by atoms with Gasteiger partial charge < -0.3 is 10.6 Å². The monoisotopic (exact) mass is 324 g/mol. The average Bonchev–Trinajstić information content (AvgIpc) is 2.90. The summed E-state index contributed by atoms with van der Waals surface area (Å²) < 4.78 is 1.05. The van der Waals surface area contributed by atoms with E-state index in [1.54, 1.807) is 0 Å². The lowest BCUT2D eigenvalue weighted by Gasteiger charge is -2.16. The molecule has 0 aromatic heterocycles. The van der Waals surface area contributed by atoms with Crippen molar-refractivity contribution in [3.63, 3.8) is 0 Å². The molecular formula is C15H21BrN2O. The van der Waals surface area contributed by atoms with Crippen LogP contribution in [0.1, 0.15) is 44.2 Å². The normalized spacial score (nSPS) is 17.4. The molecule has 1 aliphatic carbocycles. The first kappa shape index (κ1) is 14.5. The number of carbonyl (C=O) groups is 1. The number of hydrogen-bond donors (Lipinski definition) is 2. The van der Waals surface area contributed by atoms with E-state index in [0.717, 1.165) is 10.0 Å². The fourth-order valence-electron chi connectivity index (χ4n) is 2.49. The quantitative estimate of drug-likeness (QED) is 0.873. The Kier molecular flexibility index (Phi) is 5.40. The molecule has 1 unspecified atom stereocenters. The third-order valence-corrected chi connectivity index (χ3v) is 4.18. The molecule has 0 radical (unpaired) electrons. The Labute approximate surface area is 123 Å². The first-order valence-electron chi connectivity index (χ1n) is 6.93. The van der Waals surface area contributed by atoms with Gasteiger partial charge in [0, 0.05) is 10.5 Å². The zero-order chi connectivity index (χ0) is 13.7. The summed E-state index contributed by atoms with van der Waals surface area (Å²) in [5.74, 6) is 0.0716. The lowest BCUT2D eigenvalue weighted by Crippen LogP contribution is -2.39. The van der Waals surface area contributed by atoms with Crippen LogP contribution in [-0.4, -0.2) is 18.5 Å². The van der Waals surface area contributed by atoms with E-state index >= 15 is 0 Å². The van der Waals surface area contributed by atoms with Crippen molar-refractivity contribution in [2.45, 2.75) is 44.7 Å². The number of carbonyl (C=O) groups excluding carboxylic acids is 1. The van der Waals surface area contributed by atoms with Crippen LogP contribution in [0.2, 0.25) is 0 Å². The Hall–Kier alpha value is -0.870. The third-order valence-electron chi connectivity index (χ3n) is 3.65. The minimum Gasteiger partial charge on any atom is -0.348 e. The zero-order valence-electron chi connectivity index (χ0n) is 11.3. The van der Waals surface area contributed by atoms with E-state index in [1.807, 2.05) is 31.2 Å². The van der Waals surface area contributed by atoms with Crippen molar-refractivity contribution in [1.82, 2.24) is 10.6 Å². The highest BCUT2D eigenvalue weighted by Crippen LogP contribution is 2.18. The summed E-state index contributed by atoms with van der Waals surface area (Å²) in [5, 5.41) is 6.35. The van der Waals surface area contributed by atoms with Crippen LogP contribution in [0.5, 0.6) is 0 Å². The summed E-state index contributed by atoms with van der Waals surface area (Å²) in [4.78, 5) is 11.9. The molecular weight excluding hydrogens is 304 g/mol. The average molecular weight is 325 g/mol. The van der Waals surface area contributed by atoms with Crippen molar-refractivity contribution in [3.8, 4) is 0 Å². The van der Waals surface area contributed by atoms with E-state index in [-0.39, 0.29) is 11.9 Å². The highest BCUT2D eigenvalue weighted by molar-refractivity contribution is 9.10. The Morgan fingerprint density at radius 2 is 1.95 bits per heavy atom. The largest absolute Gasteiger partial charge is 0.348 e. The topological polar surface area (TPSA) is 41.1 Å². The maximum absolute atomic E-state index is 11.9. The fraction of sp³-hybridized carbons (Fsp3) is 0.533. The van der Waals surface area contributed by atoms with Crippen LogP contribution in [0.3, 0.4) is 0 Å². The van der Waals surface area contributed by atoms with Crippen LogP contribution >= 0.6 is 15.9 Å². The molecule has 0 heterocycles. The van der Waals surface area contributed by atoms with Crippen molar-refractivity contribution in [1.29, 1.82) is 0 Å². The smallest absolute Gasteiger partial charge is 0.234 e. The van der Waals surface area contributed by atoms with Crippen molar-refractivity contribution >= 4 is 21.8 Å². The first-order valence-corrected chi connectivity index (χ1v) is 7.72. The van der Waals surface area contributed by atoms with Gasteiger partial charge in [0.2, 0.25) is 5.91 Å². The number of halogens is 1. The van der Waals surface area contributed by atoms with Crippen molar-refractivity contribution in [3.05, 3.63) is 34.3 Å². The number of hydrogen-bond acceptors (Lipinski definition) is 2. The van der Waals surface area contributed by atoms with Gasteiger partial charge in [0.15, 0.2) is 0 Å². The van der Waals surface area contributed by atoms with Gasteiger partial charge in [-0.25, -0.2) is 0 Å². The Balaban J connectivity index is 1.76. The molecule has 2 N–H and O–H groups in total. The van der Waals surface area contributed by atoms with E-state index in [2.05, 4.69) is 26.6 Å². The second kappa shape index (κ2) is 7.06. The summed E-state index contributed by atoms with van der Waals surface area (Å²) in [6.07, 6.45) is 4.98. The van der Waals surface area contributed by atoms with Gasteiger partial charge in [-0.2, -0.15) is 0 Å². The molecule has 1 atom stereocenters. The molecule has 1 aliphatic rings. The maximum Gasteiger partial charge on any atom is 0.234 e. The number of rotatable bonds is 5. The van der Waals surface area contributed by atoms with Gasteiger partial charge in [0.05, 0.1) is 12.6 Å². The molecule has 0 spiro atoms. The van der Waals surface area contributed by atoms with Crippen LogP contribution in [0.15, 0.2) is 28.7 Å². The van der Waals surface area contributed by atoms with Gasteiger partial charge in [-0.15, -0.1) is 0 Å². The number of benzene rings is 1. The Morgan fingerprint density at radius 1 is 1.32 bits per heavy atom. The number of nitrogens with one attached hydrogen (secondary N) is 2. The molecule has 4 heteroatoms. The third kappa shape index (κ3) is 4.62. The van der Waals surface area contributed by atoms with Crippen molar-refractivity contribution in [2.24, 2.45) is 0 Å². The minimum atomic E-state index is 0.0472. The van der Waals surface area contributed by atoms with Crippen LogP contribution in [0.4, 0.5) is 0 Å². The first-order chi connectivity index (χ1) is 9.15. The molecule has 1 aromatic rings. The summed E-state index contributed by atoms with van der Waals surface area (Å²) in [6.45, 7) is 2.43. The lowest BCUT2D eigenvalue weighted by atomic mass is 10.1. The molecule has 3 nitrogen and oxygen atoms in total.